The Morgan fingerprint density at radius 3 is 2.93 bits per heavy atom. The van der Waals surface area contributed by atoms with Gasteiger partial charge < -0.3 is 30.1 Å². The topological polar surface area (TPSA) is 102 Å². The van der Waals surface area contributed by atoms with Crippen LogP contribution >= 0.6 is 0 Å². The number of piperidine rings is 1. The highest BCUT2D eigenvalue weighted by atomic mass is 16.6. The number of carbonyl (C=O) groups is 1. The number of hydrogen-bond acceptors (Lipinski definition) is 5. The van der Waals surface area contributed by atoms with Gasteiger partial charge in [0, 0.05) is 30.4 Å². The summed E-state index contributed by atoms with van der Waals surface area (Å²) < 4.78 is 5.16. The Hall–Kier alpha value is -2.09. The predicted octanol–water partition coefficient (Wildman–Crippen LogP) is 1.81. The minimum atomic E-state index is -0.962. The van der Waals surface area contributed by atoms with Crippen molar-refractivity contribution in [2.75, 3.05) is 25.5 Å². The molecule has 7 heteroatoms. The van der Waals surface area contributed by atoms with Gasteiger partial charge in [0.2, 0.25) is 0 Å². The van der Waals surface area contributed by atoms with E-state index in [0.29, 0.717) is 36.4 Å². The third-order valence-electron chi connectivity index (χ3n) is 7.45. The van der Waals surface area contributed by atoms with Gasteiger partial charge in [0.25, 0.3) is 0 Å². The van der Waals surface area contributed by atoms with Gasteiger partial charge in [-0.25, -0.2) is 4.79 Å². The molecule has 27 heavy (non-hydrogen) atoms. The number of carboxylic acid groups (broad SMARTS) is 1. The summed E-state index contributed by atoms with van der Waals surface area (Å²) in [6.45, 7) is 2.38. The molecule has 3 aliphatic heterocycles. The number of aliphatic carboxylic acids is 1. The summed E-state index contributed by atoms with van der Waals surface area (Å²) >= 11 is 0. The lowest BCUT2D eigenvalue weighted by molar-refractivity contribution is -0.905. The largest absolute Gasteiger partial charge is 0.633 e. The first kappa shape index (κ1) is 17.0. The van der Waals surface area contributed by atoms with Crippen molar-refractivity contribution in [2.45, 2.75) is 37.3 Å². The molecule has 1 aromatic carbocycles. The fourth-order valence-corrected chi connectivity index (χ4v) is 6.36. The molecule has 144 valence electrons. The Balaban J connectivity index is 1.82. The van der Waals surface area contributed by atoms with Gasteiger partial charge >= 0.3 is 5.97 Å². The first-order chi connectivity index (χ1) is 12.8. The second kappa shape index (κ2) is 5.25. The van der Waals surface area contributed by atoms with E-state index in [1.165, 1.54) is 0 Å². The SMILES string of the molecule is COc1cccc2c1NC1=C(C(=O)O)[C@H]3C[C@H]4[C@]12CC[N+]4([O-])C[C@H]3[C@@H](C)O. The second-order valence-electron chi connectivity index (χ2n) is 8.44. The number of aliphatic hydroxyl groups excluding tert-OH is 1. The number of methoxy groups -OCH3 is 1. The van der Waals surface area contributed by atoms with E-state index in [4.69, 9.17) is 4.74 Å². The van der Waals surface area contributed by atoms with Crippen LogP contribution < -0.4 is 10.1 Å². The van der Waals surface area contributed by atoms with Gasteiger partial charge in [0.1, 0.15) is 11.8 Å². The third kappa shape index (κ3) is 1.89. The van der Waals surface area contributed by atoms with Crippen LogP contribution in [0.4, 0.5) is 5.69 Å². The molecule has 2 bridgehead atoms. The number of hydrogen-bond donors (Lipinski definition) is 3. The number of carboxylic acids is 1. The molecule has 7 nitrogen and oxygen atoms in total. The van der Waals surface area contributed by atoms with E-state index in [1.54, 1.807) is 14.0 Å². The Morgan fingerprint density at radius 1 is 1.48 bits per heavy atom. The zero-order chi connectivity index (χ0) is 19.1. The van der Waals surface area contributed by atoms with Crippen molar-refractivity contribution in [1.82, 2.24) is 0 Å². The van der Waals surface area contributed by atoms with Crippen LogP contribution in [0.5, 0.6) is 5.75 Å². The van der Waals surface area contributed by atoms with Gasteiger partial charge in [0.05, 0.1) is 43.0 Å². The number of nitrogens with one attached hydrogen (secondary N) is 1. The van der Waals surface area contributed by atoms with Crippen LogP contribution in [0.1, 0.15) is 25.3 Å². The standard InChI is InChI=1S/C20H24N2O5/c1-10(23)12-9-22(26)7-6-20-13-4-3-5-14(27-2)17(13)21-18(20)16(19(24)25)11(12)8-15(20)22/h3-5,10-12,15,21,23H,6-9H2,1-2H3,(H,24,25)/t10-,11+,12+,15+,20-,22?/m1/s1. The lowest BCUT2D eigenvalue weighted by Gasteiger charge is -2.57. The third-order valence-corrected chi connectivity index (χ3v) is 7.45. The van der Waals surface area contributed by atoms with Crippen LogP contribution in [-0.2, 0) is 10.2 Å². The van der Waals surface area contributed by atoms with E-state index in [0.717, 1.165) is 11.3 Å². The Bertz CT molecular complexity index is 881. The number of para-hydroxylation sites is 1. The van der Waals surface area contributed by atoms with Crippen molar-refractivity contribution in [3.8, 4) is 5.75 Å². The molecule has 0 radical (unpaired) electrons. The van der Waals surface area contributed by atoms with Crippen molar-refractivity contribution < 1.29 is 24.4 Å². The first-order valence-corrected chi connectivity index (χ1v) is 9.52. The van der Waals surface area contributed by atoms with Crippen LogP contribution in [0.25, 0.3) is 0 Å². The first-order valence-electron chi connectivity index (χ1n) is 9.52. The normalized spacial score (nSPS) is 39.5. The average Bonchev–Trinajstić information content (AvgIpc) is 3.14. The van der Waals surface area contributed by atoms with Crippen LogP contribution in [0.15, 0.2) is 29.5 Å². The maximum absolute atomic E-state index is 13.8. The van der Waals surface area contributed by atoms with Gasteiger partial charge in [-0.2, -0.15) is 0 Å². The maximum atomic E-state index is 13.8. The molecule has 1 aliphatic carbocycles. The molecule has 1 spiro atoms. The molecule has 0 aromatic heterocycles. The lowest BCUT2D eigenvalue weighted by atomic mass is 9.60. The Kier molecular flexibility index (Phi) is 3.31. The molecule has 0 amide bonds. The average molecular weight is 372 g/mol. The number of hydroxylamine groups is 3. The van der Waals surface area contributed by atoms with Gasteiger partial charge in [-0.05, 0) is 18.6 Å². The molecule has 1 unspecified atom stereocenters. The summed E-state index contributed by atoms with van der Waals surface area (Å²) in [6.07, 6.45) is 0.392. The molecular weight excluding hydrogens is 348 g/mol. The Morgan fingerprint density at radius 2 is 2.26 bits per heavy atom. The summed E-state index contributed by atoms with van der Waals surface area (Å²) in [5, 5.41) is 37.5. The Labute approximate surface area is 157 Å². The van der Waals surface area contributed by atoms with E-state index in [1.807, 2.05) is 18.2 Å². The number of nitrogens with zero attached hydrogens (tertiary/aromatic N) is 1. The van der Waals surface area contributed by atoms with Gasteiger partial charge in [-0.15, -0.1) is 0 Å². The zero-order valence-electron chi connectivity index (χ0n) is 15.4. The molecule has 3 heterocycles. The van der Waals surface area contributed by atoms with Crippen molar-refractivity contribution in [2.24, 2.45) is 11.8 Å². The van der Waals surface area contributed by atoms with E-state index < -0.39 is 17.5 Å². The van der Waals surface area contributed by atoms with E-state index >= 15 is 0 Å². The summed E-state index contributed by atoms with van der Waals surface area (Å²) in [5.74, 6) is -0.968. The monoisotopic (exact) mass is 372 g/mol. The predicted molar refractivity (Wildman–Crippen MR) is 98.0 cm³/mol. The molecule has 5 rings (SSSR count). The summed E-state index contributed by atoms with van der Waals surface area (Å²) in [5.41, 5.74) is 2.15. The second-order valence-corrected chi connectivity index (χ2v) is 8.44. The highest BCUT2D eigenvalue weighted by Crippen LogP contribution is 2.64. The zero-order valence-corrected chi connectivity index (χ0v) is 15.4. The number of benzene rings is 1. The van der Waals surface area contributed by atoms with E-state index in [2.05, 4.69) is 5.32 Å². The number of aliphatic hydroxyl groups is 1. The van der Waals surface area contributed by atoms with Crippen molar-refractivity contribution in [3.63, 3.8) is 0 Å². The van der Waals surface area contributed by atoms with Gasteiger partial charge in [-0.1, -0.05) is 12.1 Å². The molecule has 4 aliphatic rings. The number of ether oxygens (including phenoxy) is 1. The molecular formula is C20H24N2O5. The number of fused-ring (bicyclic) bond motifs is 2. The fraction of sp³-hybridized carbons (Fsp3) is 0.550. The molecule has 6 atom stereocenters. The number of quaternary nitrogens is 1. The van der Waals surface area contributed by atoms with Crippen molar-refractivity contribution in [1.29, 1.82) is 0 Å². The number of anilines is 1. The highest BCUT2D eigenvalue weighted by Gasteiger charge is 2.68. The molecule has 3 N–H and O–H groups in total. The van der Waals surface area contributed by atoms with Gasteiger partial charge in [0.15, 0.2) is 0 Å². The molecule has 1 aromatic rings. The van der Waals surface area contributed by atoms with Crippen LogP contribution in [0.3, 0.4) is 0 Å². The van der Waals surface area contributed by atoms with Crippen molar-refractivity contribution in [3.05, 3.63) is 40.2 Å². The van der Waals surface area contributed by atoms with Gasteiger partial charge in [-0.3, -0.25) is 0 Å². The van der Waals surface area contributed by atoms with Crippen LogP contribution in [0.2, 0.25) is 0 Å². The minimum absolute atomic E-state index is 0.226. The molecule has 0 saturated carbocycles. The van der Waals surface area contributed by atoms with E-state index in [9.17, 15) is 20.2 Å². The number of rotatable bonds is 3. The smallest absolute Gasteiger partial charge is 0.333 e. The minimum Gasteiger partial charge on any atom is -0.633 e. The van der Waals surface area contributed by atoms with E-state index in [-0.39, 0.29) is 29.1 Å². The maximum Gasteiger partial charge on any atom is 0.333 e. The van der Waals surface area contributed by atoms with Crippen molar-refractivity contribution >= 4 is 11.7 Å². The summed E-state index contributed by atoms with van der Waals surface area (Å²) in [7, 11) is 1.59. The quantitative estimate of drug-likeness (QED) is 0.553. The van der Waals surface area contributed by atoms with Crippen LogP contribution in [-0.4, -0.2) is 53.2 Å². The fourth-order valence-electron chi connectivity index (χ4n) is 6.36. The molecule has 2 saturated heterocycles. The highest BCUT2D eigenvalue weighted by molar-refractivity contribution is 5.92. The summed E-state index contributed by atoms with van der Waals surface area (Å²) in [6, 6.07) is 5.52. The molecule has 2 fully saturated rings. The lowest BCUT2D eigenvalue weighted by Crippen LogP contribution is -2.64. The summed E-state index contributed by atoms with van der Waals surface area (Å²) in [4.78, 5) is 12.3. The van der Waals surface area contributed by atoms with Crippen LogP contribution in [0, 0.1) is 17.0 Å².